The molecule has 20 heavy (non-hydrogen) atoms. The second kappa shape index (κ2) is 6.06. The Morgan fingerprint density at radius 3 is 2.40 bits per heavy atom. The number of esters is 1. The predicted molar refractivity (Wildman–Crippen MR) is 68.3 cm³/mol. The smallest absolute Gasteiger partial charge is 0.328 e. The van der Waals surface area contributed by atoms with Crippen LogP contribution in [0.25, 0.3) is 0 Å². The van der Waals surface area contributed by atoms with Crippen LogP contribution in [0, 0.1) is 5.92 Å². The van der Waals surface area contributed by atoms with E-state index in [-0.39, 0.29) is 37.5 Å². The molecule has 0 spiro atoms. The lowest BCUT2D eigenvalue weighted by molar-refractivity contribution is -0.158. The van der Waals surface area contributed by atoms with Gasteiger partial charge in [-0.15, -0.1) is 0 Å². The molecule has 1 aliphatic heterocycles. The standard InChI is InChI=1S/C14H21F2NO3/c1-20-13(19)11-4-2-3-9-17(11)12(18)10-5-7-14(15,16)8-6-10/h10-11H,2-9H2,1H3. The van der Waals surface area contributed by atoms with Gasteiger partial charge in [-0.1, -0.05) is 0 Å². The van der Waals surface area contributed by atoms with Gasteiger partial charge in [0.2, 0.25) is 11.8 Å². The summed E-state index contributed by atoms with van der Waals surface area (Å²) in [5.41, 5.74) is 0. The monoisotopic (exact) mass is 289 g/mol. The molecule has 1 amide bonds. The zero-order chi connectivity index (χ0) is 14.8. The van der Waals surface area contributed by atoms with Crippen LogP contribution in [-0.4, -0.2) is 42.4 Å². The number of piperidine rings is 1. The Hall–Kier alpha value is -1.20. The topological polar surface area (TPSA) is 46.6 Å². The number of hydrogen-bond donors (Lipinski definition) is 0. The van der Waals surface area contributed by atoms with E-state index in [0.29, 0.717) is 13.0 Å². The lowest BCUT2D eigenvalue weighted by atomic mass is 9.85. The van der Waals surface area contributed by atoms with Crippen molar-refractivity contribution in [3.63, 3.8) is 0 Å². The van der Waals surface area contributed by atoms with Gasteiger partial charge in [0.05, 0.1) is 7.11 Å². The van der Waals surface area contributed by atoms with E-state index in [9.17, 15) is 18.4 Å². The van der Waals surface area contributed by atoms with Crippen LogP contribution in [0.4, 0.5) is 8.78 Å². The average molecular weight is 289 g/mol. The van der Waals surface area contributed by atoms with Crippen molar-refractivity contribution in [1.29, 1.82) is 0 Å². The highest BCUT2D eigenvalue weighted by Crippen LogP contribution is 2.37. The lowest BCUT2D eigenvalue weighted by Gasteiger charge is -2.37. The highest BCUT2D eigenvalue weighted by atomic mass is 19.3. The molecule has 0 aromatic carbocycles. The normalized spacial score (nSPS) is 27.1. The Kier molecular flexibility index (Phi) is 4.60. The first kappa shape index (κ1) is 15.2. The molecule has 4 nitrogen and oxygen atoms in total. The minimum atomic E-state index is -2.64. The number of ether oxygens (including phenoxy) is 1. The molecule has 1 saturated heterocycles. The first-order valence-corrected chi connectivity index (χ1v) is 7.21. The van der Waals surface area contributed by atoms with Gasteiger partial charge >= 0.3 is 5.97 Å². The molecule has 0 N–H and O–H groups in total. The second-order valence-corrected chi connectivity index (χ2v) is 5.70. The van der Waals surface area contributed by atoms with Crippen LogP contribution >= 0.6 is 0 Å². The number of alkyl halides is 2. The molecule has 2 aliphatic rings. The summed E-state index contributed by atoms with van der Waals surface area (Å²) in [6, 6.07) is -0.538. The van der Waals surface area contributed by atoms with Crippen molar-refractivity contribution in [2.45, 2.75) is 56.9 Å². The van der Waals surface area contributed by atoms with Crippen LogP contribution in [0.2, 0.25) is 0 Å². The Bertz CT molecular complexity index is 377. The van der Waals surface area contributed by atoms with Crippen molar-refractivity contribution >= 4 is 11.9 Å². The van der Waals surface area contributed by atoms with E-state index >= 15 is 0 Å². The lowest BCUT2D eigenvalue weighted by Crippen LogP contribution is -2.51. The number of nitrogens with zero attached hydrogens (tertiary/aromatic N) is 1. The van der Waals surface area contributed by atoms with Gasteiger partial charge in [-0.3, -0.25) is 4.79 Å². The summed E-state index contributed by atoms with van der Waals surface area (Å²) in [6.45, 7) is 0.519. The number of hydrogen-bond acceptors (Lipinski definition) is 3. The van der Waals surface area contributed by atoms with E-state index in [1.54, 1.807) is 4.90 Å². The Balaban J connectivity index is 2.01. The maximum atomic E-state index is 13.1. The summed E-state index contributed by atoms with van der Waals surface area (Å²) in [4.78, 5) is 25.7. The van der Waals surface area contributed by atoms with Gasteiger partial charge in [0.1, 0.15) is 6.04 Å². The molecular formula is C14H21F2NO3. The van der Waals surface area contributed by atoms with Gasteiger partial charge in [-0.05, 0) is 32.1 Å². The molecule has 2 fully saturated rings. The Labute approximate surface area is 117 Å². The fourth-order valence-corrected chi connectivity index (χ4v) is 3.10. The molecule has 1 heterocycles. The first-order chi connectivity index (χ1) is 9.44. The maximum Gasteiger partial charge on any atom is 0.328 e. The number of carbonyl (C=O) groups is 2. The quantitative estimate of drug-likeness (QED) is 0.733. The molecule has 6 heteroatoms. The third-order valence-electron chi connectivity index (χ3n) is 4.33. The fourth-order valence-electron chi connectivity index (χ4n) is 3.10. The number of methoxy groups -OCH3 is 1. The largest absolute Gasteiger partial charge is 0.467 e. The van der Waals surface area contributed by atoms with Crippen LogP contribution in [0.3, 0.4) is 0 Å². The van der Waals surface area contributed by atoms with Crippen LogP contribution in [0.1, 0.15) is 44.9 Å². The molecule has 0 aromatic heterocycles. The maximum absolute atomic E-state index is 13.1. The van der Waals surface area contributed by atoms with Crippen molar-refractivity contribution < 1.29 is 23.1 Å². The van der Waals surface area contributed by atoms with Crippen LogP contribution < -0.4 is 0 Å². The molecule has 0 aromatic rings. The Morgan fingerprint density at radius 2 is 1.80 bits per heavy atom. The summed E-state index contributed by atoms with van der Waals surface area (Å²) in [5, 5.41) is 0. The third kappa shape index (κ3) is 3.27. The minimum Gasteiger partial charge on any atom is -0.467 e. The highest BCUT2D eigenvalue weighted by molar-refractivity contribution is 5.86. The third-order valence-corrected chi connectivity index (χ3v) is 4.33. The summed E-state index contributed by atoms with van der Waals surface area (Å²) in [7, 11) is 1.31. The van der Waals surface area contributed by atoms with Gasteiger partial charge in [0.25, 0.3) is 0 Å². The van der Waals surface area contributed by atoms with Crippen molar-refractivity contribution in [2.24, 2.45) is 5.92 Å². The SMILES string of the molecule is COC(=O)C1CCCCN1C(=O)C1CCC(F)(F)CC1. The van der Waals surface area contributed by atoms with Crippen molar-refractivity contribution in [1.82, 2.24) is 4.90 Å². The summed E-state index contributed by atoms with van der Waals surface area (Å²) < 4.78 is 31.0. The number of amides is 1. The number of likely N-dealkylation sites (tertiary alicyclic amines) is 1. The number of rotatable bonds is 2. The Morgan fingerprint density at radius 1 is 1.15 bits per heavy atom. The average Bonchev–Trinajstić information content (AvgIpc) is 2.45. The fraction of sp³-hybridized carbons (Fsp3) is 0.857. The first-order valence-electron chi connectivity index (χ1n) is 7.21. The van der Waals surface area contributed by atoms with Crippen LogP contribution in [-0.2, 0) is 14.3 Å². The summed E-state index contributed by atoms with van der Waals surface area (Å²) in [5.74, 6) is -3.57. The van der Waals surface area contributed by atoms with Gasteiger partial charge in [-0.2, -0.15) is 0 Å². The van der Waals surface area contributed by atoms with Crippen LogP contribution in [0.5, 0.6) is 0 Å². The summed E-state index contributed by atoms with van der Waals surface area (Å²) in [6.07, 6.45) is 2.27. The number of halogens is 2. The van der Waals surface area contributed by atoms with Gasteiger partial charge in [0, 0.05) is 25.3 Å². The van der Waals surface area contributed by atoms with E-state index in [0.717, 1.165) is 12.8 Å². The van der Waals surface area contributed by atoms with E-state index in [4.69, 9.17) is 4.74 Å². The minimum absolute atomic E-state index is 0.157. The van der Waals surface area contributed by atoms with Crippen LogP contribution in [0.15, 0.2) is 0 Å². The molecule has 1 saturated carbocycles. The van der Waals surface area contributed by atoms with E-state index in [1.807, 2.05) is 0 Å². The molecular weight excluding hydrogens is 268 g/mol. The van der Waals surface area contributed by atoms with E-state index < -0.39 is 17.9 Å². The molecule has 2 rings (SSSR count). The molecule has 114 valence electrons. The predicted octanol–water partition coefficient (Wildman–Crippen LogP) is 2.37. The molecule has 1 atom stereocenters. The van der Waals surface area contributed by atoms with E-state index in [2.05, 4.69) is 0 Å². The summed E-state index contributed by atoms with van der Waals surface area (Å²) >= 11 is 0. The zero-order valence-electron chi connectivity index (χ0n) is 11.7. The van der Waals surface area contributed by atoms with Gasteiger partial charge in [-0.25, -0.2) is 13.6 Å². The molecule has 1 aliphatic carbocycles. The van der Waals surface area contributed by atoms with Crippen molar-refractivity contribution in [3.8, 4) is 0 Å². The van der Waals surface area contributed by atoms with Gasteiger partial charge < -0.3 is 9.64 Å². The molecule has 0 bridgehead atoms. The van der Waals surface area contributed by atoms with E-state index in [1.165, 1.54) is 7.11 Å². The van der Waals surface area contributed by atoms with Gasteiger partial charge in [0.15, 0.2) is 0 Å². The number of carbonyl (C=O) groups excluding carboxylic acids is 2. The second-order valence-electron chi connectivity index (χ2n) is 5.70. The molecule has 1 unspecified atom stereocenters. The van der Waals surface area contributed by atoms with Crippen molar-refractivity contribution in [3.05, 3.63) is 0 Å². The highest BCUT2D eigenvalue weighted by Gasteiger charge is 2.41. The molecule has 0 radical (unpaired) electrons. The zero-order valence-corrected chi connectivity index (χ0v) is 11.7. The van der Waals surface area contributed by atoms with Crippen molar-refractivity contribution in [2.75, 3.05) is 13.7 Å².